The fraction of sp³-hybridized carbons (Fsp3) is 0.684. The number of carbonyl (C=O) groups excluding carboxylic acids is 1. The standard InChI is InChI=1S/C18H26N2O3S.CH2O2/c21-17(19-12-14-2-1-9-22-14)13-20-7-5-18(6-8-20)15-4-11-24-16(15)3-10-23-18;2-1-3/h4,11,14H,1-3,5-10,12-13H2,(H,19,21);1H,(H,2,3). The van der Waals surface area contributed by atoms with E-state index in [0.717, 1.165) is 58.4 Å². The third kappa shape index (κ3) is 5.07. The average molecular weight is 397 g/mol. The van der Waals surface area contributed by atoms with Crippen molar-refractivity contribution in [2.75, 3.05) is 39.4 Å². The van der Waals surface area contributed by atoms with E-state index in [0.29, 0.717) is 13.1 Å². The maximum atomic E-state index is 12.2. The second kappa shape index (κ2) is 9.64. The van der Waals surface area contributed by atoms with Crippen molar-refractivity contribution in [1.29, 1.82) is 0 Å². The Morgan fingerprint density at radius 1 is 1.41 bits per heavy atom. The van der Waals surface area contributed by atoms with Gasteiger partial charge >= 0.3 is 0 Å². The molecule has 1 aromatic heterocycles. The van der Waals surface area contributed by atoms with E-state index in [1.54, 1.807) is 0 Å². The highest BCUT2D eigenvalue weighted by Crippen LogP contribution is 2.43. The number of rotatable bonds is 4. The summed E-state index contributed by atoms with van der Waals surface area (Å²) in [5.74, 6) is 0.113. The number of thiophene rings is 1. The molecule has 7 nitrogen and oxygen atoms in total. The van der Waals surface area contributed by atoms with Gasteiger partial charge in [0.15, 0.2) is 0 Å². The highest BCUT2D eigenvalue weighted by Gasteiger charge is 2.41. The van der Waals surface area contributed by atoms with Crippen LogP contribution in [0.3, 0.4) is 0 Å². The first-order chi connectivity index (χ1) is 13.2. The Morgan fingerprint density at radius 3 is 2.89 bits per heavy atom. The number of nitrogens with one attached hydrogen (secondary N) is 1. The molecule has 1 spiro atoms. The van der Waals surface area contributed by atoms with Gasteiger partial charge in [0.1, 0.15) is 0 Å². The molecule has 3 aliphatic rings. The lowest BCUT2D eigenvalue weighted by atomic mass is 9.82. The third-order valence-corrected chi connectivity index (χ3v) is 6.51. The molecule has 0 aliphatic carbocycles. The first kappa shape index (κ1) is 20.3. The average Bonchev–Trinajstić information content (AvgIpc) is 3.35. The van der Waals surface area contributed by atoms with Crippen molar-refractivity contribution in [2.45, 2.75) is 43.8 Å². The van der Waals surface area contributed by atoms with Gasteiger partial charge in [-0.25, -0.2) is 0 Å². The number of hydrogen-bond donors (Lipinski definition) is 2. The van der Waals surface area contributed by atoms with E-state index in [9.17, 15) is 4.79 Å². The summed E-state index contributed by atoms with van der Waals surface area (Å²) in [4.78, 5) is 24.3. The molecular weight excluding hydrogens is 368 g/mol. The number of ether oxygens (including phenoxy) is 2. The molecular formula is C19H28N2O5S. The molecule has 0 aromatic carbocycles. The maximum Gasteiger partial charge on any atom is 0.290 e. The van der Waals surface area contributed by atoms with E-state index >= 15 is 0 Å². The molecule has 4 heterocycles. The van der Waals surface area contributed by atoms with Crippen LogP contribution in [0.25, 0.3) is 0 Å². The molecule has 27 heavy (non-hydrogen) atoms. The van der Waals surface area contributed by atoms with Crippen molar-refractivity contribution in [3.05, 3.63) is 21.9 Å². The Balaban J connectivity index is 0.000000659. The molecule has 1 amide bonds. The molecule has 2 fully saturated rings. The van der Waals surface area contributed by atoms with Gasteiger partial charge in [0.05, 0.1) is 24.9 Å². The minimum Gasteiger partial charge on any atom is -0.483 e. The van der Waals surface area contributed by atoms with Crippen molar-refractivity contribution in [3.63, 3.8) is 0 Å². The summed E-state index contributed by atoms with van der Waals surface area (Å²) >= 11 is 1.85. The summed E-state index contributed by atoms with van der Waals surface area (Å²) < 4.78 is 11.8. The summed E-state index contributed by atoms with van der Waals surface area (Å²) in [5, 5.41) is 12.1. The predicted octanol–water partition coefficient (Wildman–Crippen LogP) is 1.61. The van der Waals surface area contributed by atoms with Gasteiger partial charge < -0.3 is 19.9 Å². The van der Waals surface area contributed by atoms with Gasteiger partial charge in [-0.15, -0.1) is 11.3 Å². The minimum absolute atomic E-state index is 0.0990. The SMILES string of the molecule is O=C(CN1CCC2(CC1)OCCc1sccc12)NCC1CCCO1.O=CO. The Bertz CT molecular complexity index is 621. The Hall–Kier alpha value is -1.48. The number of amides is 1. The quantitative estimate of drug-likeness (QED) is 0.752. The lowest BCUT2D eigenvalue weighted by molar-refractivity contribution is -0.126. The number of carbonyl (C=O) groups is 2. The van der Waals surface area contributed by atoms with E-state index in [1.165, 1.54) is 10.4 Å². The van der Waals surface area contributed by atoms with Crippen molar-refractivity contribution in [1.82, 2.24) is 10.2 Å². The van der Waals surface area contributed by atoms with Gasteiger partial charge in [-0.2, -0.15) is 0 Å². The Morgan fingerprint density at radius 2 is 2.19 bits per heavy atom. The Kier molecular flexibility index (Phi) is 7.23. The number of carboxylic acid groups (broad SMARTS) is 1. The maximum absolute atomic E-state index is 12.2. The summed E-state index contributed by atoms with van der Waals surface area (Å²) in [6.07, 6.45) is 5.40. The van der Waals surface area contributed by atoms with Gasteiger partial charge in [0.25, 0.3) is 6.47 Å². The molecule has 1 atom stereocenters. The lowest BCUT2D eigenvalue weighted by Gasteiger charge is -2.43. The van der Waals surface area contributed by atoms with E-state index in [4.69, 9.17) is 19.4 Å². The third-order valence-electron chi connectivity index (χ3n) is 5.53. The molecule has 1 aromatic rings. The van der Waals surface area contributed by atoms with E-state index in [1.807, 2.05) is 11.3 Å². The van der Waals surface area contributed by atoms with Crippen LogP contribution in [0.1, 0.15) is 36.1 Å². The van der Waals surface area contributed by atoms with Crippen molar-refractivity contribution in [2.24, 2.45) is 0 Å². The molecule has 0 radical (unpaired) electrons. The molecule has 0 bridgehead atoms. The van der Waals surface area contributed by atoms with Gasteiger partial charge in [-0.3, -0.25) is 14.5 Å². The van der Waals surface area contributed by atoms with Crippen LogP contribution in [0.4, 0.5) is 0 Å². The molecule has 1 unspecified atom stereocenters. The number of piperidine rings is 1. The van der Waals surface area contributed by atoms with Crippen molar-refractivity contribution < 1.29 is 24.2 Å². The van der Waals surface area contributed by atoms with Crippen LogP contribution >= 0.6 is 11.3 Å². The normalized spacial score (nSPS) is 23.9. The smallest absolute Gasteiger partial charge is 0.290 e. The van der Waals surface area contributed by atoms with E-state index in [2.05, 4.69) is 21.7 Å². The first-order valence-electron chi connectivity index (χ1n) is 9.56. The monoisotopic (exact) mass is 396 g/mol. The summed E-state index contributed by atoms with van der Waals surface area (Å²) in [7, 11) is 0. The highest BCUT2D eigenvalue weighted by molar-refractivity contribution is 7.10. The molecule has 4 rings (SSSR count). The van der Waals surface area contributed by atoms with Crippen LogP contribution in [0.5, 0.6) is 0 Å². The molecule has 3 aliphatic heterocycles. The Labute approximate surface area is 163 Å². The van der Waals surface area contributed by atoms with E-state index < -0.39 is 0 Å². The van der Waals surface area contributed by atoms with E-state index in [-0.39, 0.29) is 24.1 Å². The van der Waals surface area contributed by atoms with Crippen LogP contribution < -0.4 is 5.32 Å². The molecule has 2 saturated heterocycles. The number of nitrogens with zero attached hydrogens (tertiary/aromatic N) is 1. The second-order valence-electron chi connectivity index (χ2n) is 7.17. The lowest BCUT2D eigenvalue weighted by Crippen LogP contribution is -2.49. The highest BCUT2D eigenvalue weighted by atomic mass is 32.1. The zero-order valence-corrected chi connectivity index (χ0v) is 16.3. The number of hydrogen-bond acceptors (Lipinski definition) is 6. The van der Waals surface area contributed by atoms with Gasteiger partial charge in [-0.05, 0) is 42.7 Å². The first-order valence-corrected chi connectivity index (χ1v) is 10.4. The minimum atomic E-state index is -0.250. The number of likely N-dealkylation sites (tertiary alicyclic amines) is 1. The van der Waals surface area contributed by atoms with Crippen LogP contribution in [0.2, 0.25) is 0 Å². The fourth-order valence-corrected chi connectivity index (χ4v) is 5.09. The van der Waals surface area contributed by atoms with Crippen LogP contribution in [0, 0.1) is 0 Å². The van der Waals surface area contributed by atoms with Crippen LogP contribution in [-0.4, -0.2) is 67.9 Å². The summed E-state index contributed by atoms with van der Waals surface area (Å²) in [5.41, 5.74) is 1.30. The van der Waals surface area contributed by atoms with Gasteiger partial charge in [0.2, 0.25) is 5.91 Å². The number of fused-ring (bicyclic) bond motifs is 2. The fourth-order valence-electron chi connectivity index (χ4n) is 4.14. The zero-order chi connectivity index (χ0) is 19.1. The summed E-state index contributed by atoms with van der Waals surface area (Å²) in [6, 6.07) is 2.24. The molecule has 2 N–H and O–H groups in total. The topological polar surface area (TPSA) is 88.1 Å². The predicted molar refractivity (Wildman–Crippen MR) is 102 cm³/mol. The summed E-state index contributed by atoms with van der Waals surface area (Å²) in [6.45, 7) is 4.39. The van der Waals surface area contributed by atoms with Gasteiger partial charge in [0, 0.05) is 37.5 Å². The molecule has 150 valence electrons. The molecule has 8 heteroatoms. The van der Waals surface area contributed by atoms with Crippen LogP contribution in [0.15, 0.2) is 11.4 Å². The largest absolute Gasteiger partial charge is 0.483 e. The second-order valence-corrected chi connectivity index (χ2v) is 8.17. The van der Waals surface area contributed by atoms with Crippen LogP contribution in [-0.2, 0) is 31.1 Å². The molecule has 0 saturated carbocycles. The van der Waals surface area contributed by atoms with Crippen molar-refractivity contribution >= 4 is 23.7 Å². The zero-order valence-electron chi connectivity index (χ0n) is 15.5. The van der Waals surface area contributed by atoms with Crippen molar-refractivity contribution in [3.8, 4) is 0 Å². The van der Waals surface area contributed by atoms with Gasteiger partial charge in [-0.1, -0.05) is 0 Å².